The van der Waals surface area contributed by atoms with Gasteiger partial charge in [-0.3, -0.25) is 4.79 Å². The van der Waals surface area contributed by atoms with Crippen molar-refractivity contribution in [1.82, 2.24) is 5.32 Å². The molecule has 1 amide bonds. The maximum absolute atomic E-state index is 12.3. The van der Waals surface area contributed by atoms with Crippen molar-refractivity contribution in [3.8, 4) is 23.0 Å². The molecule has 0 saturated carbocycles. The quantitative estimate of drug-likeness (QED) is 0.652. The molecule has 1 aliphatic rings. The molecule has 0 radical (unpaired) electrons. The molecule has 3 aromatic rings. The molecule has 5 nitrogen and oxygen atoms in total. The molecule has 2 atom stereocenters. The highest BCUT2D eigenvalue weighted by molar-refractivity contribution is 5.80. The minimum absolute atomic E-state index is 0.107. The van der Waals surface area contributed by atoms with E-state index < -0.39 is 6.10 Å². The van der Waals surface area contributed by atoms with Crippen LogP contribution in [0.1, 0.15) is 12.5 Å². The number of carbonyl (C=O) groups is 1. The van der Waals surface area contributed by atoms with E-state index in [1.54, 1.807) is 6.92 Å². The van der Waals surface area contributed by atoms with E-state index in [1.807, 2.05) is 78.9 Å². The van der Waals surface area contributed by atoms with Gasteiger partial charge in [-0.1, -0.05) is 36.4 Å². The van der Waals surface area contributed by atoms with Gasteiger partial charge in [-0.05, 0) is 49.4 Å². The maximum Gasteiger partial charge on any atom is 0.260 e. The molecule has 0 spiro atoms. The van der Waals surface area contributed by atoms with Gasteiger partial charge in [-0.2, -0.15) is 0 Å². The Morgan fingerprint density at radius 3 is 2.41 bits per heavy atom. The van der Waals surface area contributed by atoms with Gasteiger partial charge in [-0.15, -0.1) is 0 Å². The van der Waals surface area contributed by atoms with Gasteiger partial charge in [0, 0.05) is 12.0 Å². The van der Waals surface area contributed by atoms with Gasteiger partial charge in [0.05, 0.1) is 6.54 Å². The van der Waals surface area contributed by atoms with Gasteiger partial charge in [0.1, 0.15) is 29.1 Å². The highest BCUT2D eigenvalue weighted by Crippen LogP contribution is 2.33. The molecule has 1 heterocycles. The molecule has 148 valence electrons. The molecule has 5 heteroatoms. The molecule has 1 aliphatic heterocycles. The highest BCUT2D eigenvalue weighted by Gasteiger charge is 2.25. The number of ether oxygens (including phenoxy) is 3. The van der Waals surface area contributed by atoms with Crippen molar-refractivity contribution < 1.29 is 19.0 Å². The second-order valence-corrected chi connectivity index (χ2v) is 6.95. The Morgan fingerprint density at radius 2 is 1.69 bits per heavy atom. The standard InChI is InChI=1S/C24H23NO4/c1-17(27-19-8-4-2-5-9-19)24(26)25-16-22-15-18-14-21(12-13-23(18)29-22)28-20-10-6-3-7-11-20/h2-14,17,22H,15-16H2,1H3,(H,25,26)/t17-,22-/m1/s1. The number of fused-ring (bicyclic) bond motifs is 1. The van der Waals surface area contributed by atoms with Crippen LogP contribution in [0.15, 0.2) is 78.9 Å². The SMILES string of the molecule is C[C@@H](Oc1ccccc1)C(=O)NC[C@H]1Cc2cc(Oc3ccccc3)ccc2O1. The number of amides is 1. The molecule has 0 aliphatic carbocycles. The lowest BCUT2D eigenvalue weighted by Gasteiger charge is -2.16. The third-order valence-corrected chi connectivity index (χ3v) is 4.68. The minimum atomic E-state index is -0.577. The van der Waals surface area contributed by atoms with Crippen molar-refractivity contribution >= 4 is 5.91 Å². The summed E-state index contributed by atoms with van der Waals surface area (Å²) in [5, 5.41) is 2.91. The second kappa shape index (κ2) is 8.69. The Bertz CT molecular complexity index is 959. The molecule has 29 heavy (non-hydrogen) atoms. The second-order valence-electron chi connectivity index (χ2n) is 6.95. The van der Waals surface area contributed by atoms with E-state index in [9.17, 15) is 4.79 Å². The van der Waals surface area contributed by atoms with Crippen LogP contribution in [-0.4, -0.2) is 24.7 Å². The summed E-state index contributed by atoms with van der Waals surface area (Å²) < 4.78 is 17.5. The molecule has 0 aromatic heterocycles. The van der Waals surface area contributed by atoms with Crippen LogP contribution in [0.5, 0.6) is 23.0 Å². The first-order valence-electron chi connectivity index (χ1n) is 9.69. The highest BCUT2D eigenvalue weighted by atomic mass is 16.5. The number of benzene rings is 3. The van der Waals surface area contributed by atoms with E-state index in [1.165, 1.54) is 0 Å². The lowest BCUT2D eigenvalue weighted by molar-refractivity contribution is -0.127. The molecule has 1 N–H and O–H groups in total. The molecular weight excluding hydrogens is 366 g/mol. The van der Waals surface area contributed by atoms with Crippen molar-refractivity contribution in [2.75, 3.05) is 6.54 Å². The van der Waals surface area contributed by atoms with Gasteiger partial charge in [0.15, 0.2) is 6.10 Å². The molecule has 0 unspecified atom stereocenters. The summed E-state index contributed by atoms with van der Waals surface area (Å²) in [5.41, 5.74) is 1.08. The summed E-state index contributed by atoms with van der Waals surface area (Å²) in [7, 11) is 0. The van der Waals surface area contributed by atoms with Crippen LogP contribution in [0.25, 0.3) is 0 Å². The summed E-state index contributed by atoms with van der Waals surface area (Å²) in [4.78, 5) is 12.3. The normalized spacial score (nSPS) is 15.7. The number of nitrogens with one attached hydrogen (secondary N) is 1. The van der Waals surface area contributed by atoms with E-state index in [4.69, 9.17) is 14.2 Å². The Balaban J connectivity index is 1.29. The molecular formula is C24H23NO4. The monoisotopic (exact) mass is 389 g/mol. The van der Waals surface area contributed by atoms with Crippen LogP contribution in [0.2, 0.25) is 0 Å². The Kier molecular flexibility index (Phi) is 5.66. The van der Waals surface area contributed by atoms with E-state index in [2.05, 4.69) is 5.32 Å². The first-order chi connectivity index (χ1) is 14.2. The maximum atomic E-state index is 12.3. The number of para-hydroxylation sites is 2. The summed E-state index contributed by atoms with van der Waals surface area (Å²) in [6.07, 6.45) is 0.0344. The smallest absolute Gasteiger partial charge is 0.260 e. The molecule has 0 saturated heterocycles. The first-order valence-corrected chi connectivity index (χ1v) is 9.69. The van der Waals surface area contributed by atoms with Crippen LogP contribution in [0.3, 0.4) is 0 Å². The average molecular weight is 389 g/mol. The summed E-state index contributed by atoms with van der Waals surface area (Å²) >= 11 is 0. The molecule has 0 bridgehead atoms. The predicted molar refractivity (Wildman–Crippen MR) is 111 cm³/mol. The summed E-state index contributed by atoms with van der Waals surface area (Å²) in [6.45, 7) is 2.16. The zero-order valence-electron chi connectivity index (χ0n) is 16.2. The predicted octanol–water partition coefficient (Wildman–Crippen LogP) is 4.37. The number of hydrogen-bond donors (Lipinski definition) is 1. The topological polar surface area (TPSA) is 56.8 Å². The van der Waals surface area contributed by atoms with Crippen LogP contribution in [0.4, 0.5) is 0 Å². The molecule has 0 fully saturated rings. The zero-order valence-corrected chi connectivity index (χ0v) is 16.2. The fraction of sp³-hybridized carbons (Fsp3) is 0.208. The van der Waals surface area contributed by atoms with Crippen molar-refractivity contribution in [2.45, 2.75) is 25.6 Å². The van der Waals surface area contributed by atoms with E-state index in [-0.39, 0.29) is 12.0 Å². The molecule has 3 aromatic carbocycles. The fourth-order valence-corrected chi connectivity index (χ4v) is 3.21. The number of rotatable bonds is 7. The van der Waals surface area contributed by atoms with Crippen molar-refractivity contribution in [3.05, 3.63) is 84.4 Å². The Hall–Kier alpha value is -3.47. The van der Waals surface area contributed by atoms with Crippen molar-refractivity contribution in [2.24, 2.45) is 0 Å². The lowest BCUT2D eigenvalue weighted by atomic mass is 10.1. The largest absolute Gasteiger partial charge is 0.488 e. The van der Waals surface area contributed by atoms with E-state index in [0.29, 0.717) is 12.3 Å². The van der Waals surface area contributed by atoms with Crippen LogP contribution in [0, 0.1) is 0 Å². The van der Waals surface area contributed by atoms with E-state index in [0.717, 1.165) is 29.2 Å². The lowest BCUT2D eigenvalue weighted by Crippen LogP contribution is -2.41. The van der Waals surface area contributed by atoms with Crippen LogP contribution >= 0.6 is 0 Å². The van der Waals surface area contributed by atoms with Crippen molar-refractivity contribution in [3.63, 3.8) is 0 Å². The number of carbonyl (C=O) groups excluding carboxylic acids is 1. The van der Waals surface area contributed by atoms with Gasteiger partial charge < -0.3 is 19.5 Å². The third-order valence-electron chi connectivity index (χ3n) is 4.68. The Labute approximate surface area is 170 Å². The van der Waals surface area contributed by atoms with Crippen LogP contribution in [-0.2, 0) is 11.2 Å². The summed E-state index contributed by atoms with van der Waals surface area (Å²) in [5.74, 6) is 2.90. The number of hydrogen-bond acceptors (Lipinski definition) is 4. The Morgan fingerprint density at radius 1 is 1.00 bits per heavy atom. The third kappa shape index (κ3) is 4.88. The van der Waals surface area contributed by atoms with Gasteiger partial charge in [0.2, 0.25) is 0 Å². The zero-order chi connectivity index (χ0) is 20.1. The van der Waals surface area contributed by atoms with Gasteiger partial charge in [0.25, 0.3) is 5.91 Å². The van der Waals surface area contributed by atoms with Gasteiger partial charge in [-0.25, -0.2) is 0 Å². The minimum Gasteiger partial charge on any atom is -0.488 e. The molecule has 4 rings (SSSR count). The van der Waals surface area contributed by atoms with E-state index >= 15 is 0 Å². The van der Waals surface area contributed by atoms with Crippen LogP contribution < -0.4 is 19.5 Å². The summed E-state index contributed by atoms with van der Waals surface area (Å²) in [6, 6.07) is 24.8. The first kappa shape index (κ1) is 18.9. The van der Waals surface area contributed by atoms with Crippen molar-refractivity contribution in [1.29, 1.82) is 0 Å². The average Bonchev–Trinajstić information content (AvgIpc) is 3.15. The fourth-order valence-electron chi connectivity index (χ4n) is 3.21. The van der Waals surface area contributed by atoms with Gasteiger partial charge >= 0.3 is 0 Å².